The summed E-state index contributed by atoms with van der Waals surface area (Å²) in [6.07, 6.45) is -1.33. The Hall–Kier alpha value is 0.0400. The highest BCUT2D eigenvalue weighted by Crippen LogP contribution is 2.40. The van der Waals surface area contributed by atoms with Crippen molar-refractivity contribution < 1.29 is 13.2 Å². The normalized spacial score (nSPS) is 23.9. The lowest BCUT2D eigenvalue weighted by molar-refractivity contribution is -0.162. The van der Waals surface area contributed by atoms with Gasteiger partial charge in [-0.3, -0.25) is 0 Å². The van der Waals surface area contributed by atoms with Crippen molar-refractivity contribution in [3.8, 4) is 0 Å². The molecular weight excluding hydrogens is 268 g/mol. The SMILES string of the molecule is FC(F)(F)C1CC(CBr)=CC=C1Cl. The summed E-state index contributed by atoms with van der Waals surface area (Å²) < 4.78 is 37.0. The topological polar surface area (TPSA) is 0 Å². The molecule has 1 rings (SSSR count). The molecule has 0 nitrogen and oxygen atoms in total. The van der Waals surface area contributed by atoms with Crippen molar-refractivity contribution in [2.45, 2.75) is 12.6 Å². The molecule has 74 valence electrons. The van der Waals surface area contributed by atoms with Gasteiger partial charge in [-0.05, 0) is 12.5 Å². The zero-order valence-electron chi connectivity index (χ0n) is 6.54. The quantitative estimate of drug-likeness (QED) is 0.634. The predicted octanol–water partition coefficient (Wildman–Crippen LogP) is 4.01. The summed E-state index contributed by atoms with van der Waals surface area (Å²) in [5, 5.41) is 0.331. The van der Waals surface area contributed by atoms with Gasteiger partial charge in [0.05, 0.1) is 5.92 Å². The largest absolute Gasteiger partial charge is 0.396 e. The Morgan fingerprint density at radius 3 is 2.54 bits per heavy atom. The highest BCUT2D eigenvalue weighted by molar-refractivity contribution is 9.09. The molecule has 0 spiro atoms. The zero-order valence-corrected chi connectivity index (χ0v) is 8.88. The van der Waals surface area contributed by atoms with Gasteiger partial charge in [-0.15, -0.1) is 0 Å². The summed E-state index contributed by atoms with van der Waals surface area (Å²) in [5.41, 5.74) is 0.715. The van der Waals surface area contributed by atoms with E-state index in [2.05, 4.69) is 15.9 Å². The van der Waals surface area contributed by atoms with Crippen molar-refractivity contribution in [1.29, 1.82) is 0 Å². The van der Waals surface area contributed by atoms with Gasteiger partial charge in [0.1, 0.15) is 0 Å². The van der Waals surface area contributed by atoms with Crippen molar-refractivity contribution >= 4 is 27.5 Å². The van der Waals surface area contributed by atoms with Crippen LogP contribution in [-0.2, 0) is 0 Å². The van der Waals surface area contributed by atoms with Crippen LogP contribution in [-0.4, -0.2) is 11.5 Å². The molecule has 0 heterocycles. The predicted molar refractivity (Wildman–Crippen MR) is 50.0 cm³/mol. The van der Waals surface area contributed by atoms with Gasteiger partial charge in [0.15, 0.2) is 0 Å². The van der Waals surface area contributed by atoms with Gasteiger partial charge in [-0.2, -0.15) is 13.2 Å². The van der Waals surface area contributed by atoms with E-state index in [9.17, 15) is 13.2 Å². The smallest absolute Gasteiger partial charge is 0.170 e. The van der Waals surface area contributed by atoms with Crippen LogP contribution in [0.3, 0.4) is 0 Å². The molecule has 0 N–H and O–H groups in total. The number of alkyl halides is 4. The minimum Gasteiger partial charge on any atom is -0.170 e. The van der Waals surface area contributed by atoms with E-state index < -0.39 is 12.1 Å². The summed E-state index contributed by atoms with van der Waals surface area (Å²) in [7, 11) is 0. The number of rotatable bonds is 1. The molecule has 0 fully saturated rings. The summed E-state index contributed by atoms with van der Waals surface area (Å²) in [4.78, 5) is 0. The minimum atomic E-state index is -4.24. The van der Waals surface area contributed by atoms with Crippen LogP contribution in [0.5, 0.6) is 0 Å². The van der Waals surface area contributed by atoms with Gasteiger partial charge < -0.3 is 0 Å². The molecule has 0 radical (unpaired) electrons. The van der Waals surface area contributed by atoms with Crippen LogP contribution in [0.15, 0.2) is 22.8 Å². The van der Waals surface area contributed by atoms with E-state index in [-0.39, 0.29) is 11.5 Å². The lowest BCUT2D eigenvalue weighted by atomic mass is 9.94. The summed E-state index contributed by atoms with van der Waals surface area (Å²) in [6, 6.07) is 0. The Morgan fingerprint density at radius 1 is 1.46 bits per heavy atom. The number of hydrogen-bond acceptors (Lipinski definition) is 0. The van der Waals surface area contributed by atoms with Gasteiger partial charge >= 0.3 is 6.18 Å². The molecule has 0 aromatic heterocycles. The molecular formula is C8H7BrClF3. The van der Waals surface area contributed by atoms with Gasteiger partial charge in [0.2, 0.25) is 0 Å². The average Bonchev–Trinajstić information content (AvgIpc) is 2.03. The van der Waals surface area contributed by atoms with E-state index in [0.717, 1.165) is 0 Å². The van der Waals surface area contributed by atoms with Crippen molar-refractivity contribution in [2.75, 3.05) is 5.33 Å². The van der Waals surface area contributed by atoms with Crippen LogP contribution < -0.4 is 0 Å². The van der Waals surface area contributed by atoms with Crippen LogP contribution >= 0.6 is 27.5 Å². The third-order valence-corrected chi connectivity index (χ3v) is 2.95. The van der Waals surface area contributed by atoms with Gasteiger partial charge in [0.25, 0.3) is 0 Å². The average molecular weight is 275 g/mol. The molecule has 1 aliphatic carbocycles. The van der Waals surface area contributed by atoms with E-state index in [4.69, 9.17) is 11.6 Å². The first-order valence-corrected chi connectivity index (χ1v) is 5.13. The summed E-state index contributed by atoms with van der Waals surface area (Å²) >= 11 is 8.59. The van der Waals surface area contributed by atoms with E-state index in [1.807, 2.05) is 0 Å². The van der Waals surface area contributed by atoms with E-state index in [0.29, 0.717) is 10.9 Å². The van der Waals surface area contributed by atoms with Crippen molar-refractivity contribution in [3.05, 3.63) is 22.8 Å². The Balaban J connectivity index is 2.83. The summed E-state index contributed by atoms with van der Waals surface area (Å²) in [5.74, 6) is -1.52. The Bertz CT molecular complexity index is 255. The van der Waals surface area contributed by atoms with Crippen molar-refractivity contribution in [2.24, 2.45) is 5.92 Å². The van der Waals surface area contributed by atoms with Crippen LogP contribution in [0, 0.1) is 5.92 Å². The second-order valence-electron chi connectivity index (χ2n) is 2.81. The number of halogens is 5. The molecule has 1 aliphatic rings. The second-order valence-corrected chi connectivity index (χ2v) is 3.81. The van der Waals surface area contributed by atoms with E-state index >= 15 is 0 Å². The molecule has 0 aromatic rings. The molecule has 0 saturated carbocycles. The molecule has 0 aromatic carbocycles. The Morgan fingerprint density at radius 2 is 2.08 bits per heavy atom. The highest BCUT2D eigenvalue weighted by Gasteiger charge is 2.42. The lowest BCUT2D eigenvalue weighted by Crippen LogP contribution is -2.25. The Kier molecular flexibility index (Phi) is 3.46. The maximum absolute atomic E-state index is 12.3. The minimum absolute atomic E-state index is 0.0376. The standard InChI is InChI=1S/C8H7BrClF3/c9-4-5-1-2-7(10)6(3-5)8(11,12)13/h1-2,6H,3-4H2. The molecule has 5 heteroatoms. The third-order valence-electron chi connectivity index (χ3n) is 1.84. The fourth-order valence-electron chi connectivity index (χ4n) is 1.11. The second kappa shape index (κ2) is 4.05. The molecule has 1 atom stereocenters. The van der Waals surface area contributed by atoms with Crippen molar-refractivity contribution in [3.63, 3.8) is 0 Å². The lowest BCUT2D eigenvalue weighted by Gasteiger charge is -2.23. The number of allylic oxidation sites excluding steroid dienone is 4. The van der Waals surface area contributed by atoms with Crippen LogP contribution in [0.25, 0.3) is 0 Å². The molecule has 0 amide bonds. The van der Waals surface area contributed by atoms with Gasteiger partial charge in [-0.1, -0.05) is 39.2 Å². The van der Waals surface area contributed by atoms with Crippen LogP contribution in [0.4, 0.5) is 13.2 Å². The number of hydrogen-bond donors (Lipinski definition) is 0. The molecule has 1 unspecified atom stereocenters. The van der Waals surface area contributed by atoms with Gasteiger partial charge in [0, 0.05) is 10.4 Å². The molecule has 0 saturated heterocycles. The van der Waals surface area contributed by atoms with Crippen molar-refractivity contribution in [1.82, 2.24) is 0 Å². The molecule has 13 heavy (non-hydrogen) atoms. The molecule has 0 bridgehead atoms. The Labute approximate surface area is 87.6 Å². The summed E-state index contributed by atoms with van der Waals surface area (Å²) in [6.45, 7) is 0. The maximum Gasteiger partial charge on any atom is 0.396 e. The van der Waals surface area contributed by atoms with E-state index in [1.54, 1.807) is 6.08 Å². The first kappa shape index (κ1) is 11.1. The maximum atomic E-state index is 12.3. The third kappa shape index (κ3) is 2.74. The highest BCUT2D eigenvalue weighted by atomic mass is 79.9. The molecule has 0 aliphatic heterocycles. The van der Waals surface area contributed by atoms with Gasteiger partial charge in [-0.25, -0.2) is 0 Å². The first-order chi connectivity index (χ1) is 5.95. The van der Waals surface area contributed by atoms with Crippen LogP contribution in [0.1, 0.15) is 6.42 Å². The fourth-order valence-corrected chi connectivity index (χ4v) is 1.79. The zero-order chi connectivity index (χ0) is 10.1. The first-order valence-electron chi connectivity index (χ1n) is 3.63. The monoisotopic (exact) mass is 274 g/mol. The van der Waals surface area contributed by atoms with E-state index in [1.165, 1.54) is 6.08 Å². The fraction of sp³-hybridized carbons (Fsp3) is 0.500. The van der Waals surface area contributed by atoms with Crippen LogP contribution in [0.2, 0.25) is 0 Å².